The molecule has 0 saturated carbocycles. The number of H-pyrrole nitrogens is 1. The Morgan fingerprint density at radius 2 is 2.19 bits per heavy atom. The van der Waals surface area contributed by atoms with Gasteiger partial charge in [-0.3, -0.25) is 4.79 Å². The zero-order valence-electron chi connectivity index (χ0n) is 11.6. The molecule has 0 atom stereocenters. The molecule has 3 rings (SSSR count). The van der Waals surface area contributed by atoms with Crippen molar-refractivity contribution >= 4 is 28.4 Å². The van der Waals surface area contributed by atoms with Crippen LogP contribution < -0.4 is 0 Å². The van der Waals surface area contributed by atoms with Gasteiger partial charge in [-0.2, -0.15) is 0 Å². The first-order chi connectivity index (χ1) is 10.2. The molecule has 0 aliphatic carbocycles. The Morgan fingerprint density at radius 3 is 2.90 bits per heavy atom. The molecule has 3 aromatic rings. The van der Waals surface area contributed by atoms with Crippen LogP contribution >= 0.6 is 11.6 Å². The summed E-state index contributed by atoms with van der Waals surface area (Å²) in [5.41, 5.74) is 1.46. The molecule has 0 spiro atoms. The molecule has 0 radical (unpaired) electrons. The van der Waals surface area contributed by atoms with E-state index < -0.39 is 0 Å². The van der Waals surface area contributed by atoms with E-state index in [9.17, 15) is 4.79 Å². The Hall–Kier alpha value is -2.20. The van der Waals surface area contributed by atoms with Gasteiger partial charge in [-0.05, 0) is 43.3 Å². The number of carbonyl (C=O) groups excluding carboxylic acids is 1. The van der Waals surface area contributed by atoms with E-state index in [2.05, 4.69) is 4.98 Å². The van der Waals surface area contributed by atoms with Crippen molar-refractivity contribution < 1.29 is 9.21 Å². The third-order valence-corrected chi connectivity index (χ3v) is 3.64. The number of carbonyl (C=O) groups is 1. The van der Waals surface area contributed by atoms with E-state index in [1.54, 1.807) is 17.2 Å². The van der Waals surface area contributed by atoms with Gasteiger partial charge in [0, 0.05) is 22.5 Å². The normalized spacial score (nSPS) is 11.0. The van der Waals surface area contributed by atoms with Gasteiger partial charge in [-0.1, -0.05) is 11.6 Å². The summed E-state index contributed by atoms with van der Waals surface area (Å²) in [5.74, 6) is 0.713. The number of hydrogen-bond acceptors (Lipinski definition) is 2. The molecule has 1 amide bonds. The van der Waals surface area contributed by atoms with Crippen molar-refractivity contribution in [3.63, 3.8) is 0 Å². The summed E-state index contributed by atoms with van der Waals surface area (Å²) in [6.45, 7) is 3.01. The summed E-state index contributed by atoms with van der Waals surface area (Å²) in [6.07, 6.45) is 1.61. The average molecular weight is 303 g/mol. The number of hydrogen-bond donors (Lipinski definition) is 1. The van der Waals surface area contributed by atoms with Crippen LogP contribution in [-0.4, -0.2) is 22.3 Å². The largest absolute Gasteiger partial charge is 0.467 e. The molecule has 0 unspecified atom stereocenters. The fourth-order valence-electron chi connectivity index (χ4n) is 2.31. The Kier molecular flexibility index (Phi) is 3.71. The number of nitrogens with one attached hydrogen (secondary N) is 1. The van der Waals surface area contributed by atoms with E-state index in [0.717, 1.165) is 16.7 Å². The van der Waals surface area contributed by atoms with Crippen molar-refractivity contribution in [3.8, 4) is 0 Å². The van der Waals surface area contributed by atoms with Gasteiger partial charge in [0.15, 0.2) is 0 Å². The number of fused-ring (bicyclic) bond motifs is 1. The zero-order valence-corrected chi connectivity index (χ0v) is 12.4. The number of benzene rings is 1. The van der Waals surface area contributed by atoms with Gasteiger partial charge in [0.1, 0.15) is 11.5 Å². The molecule has 2 aromatic heterocycles. The van der Waals surface area contributed by atoms with Crippen molar-refractivity contribution in [2.45, 2.75) is 13.5 Å². The molecule has 108 valence electrons. The number of aromatic amines is 1. The van der Waals surface area contributed by atoms with Gasteiger partial charge in [0.2, 0.25) is 0 Å². The molecular weight excluding hydrogens is 288 g/mol. The Balaban J connectivity index is 1.87. The molecular formula is C16H15ClN2O2. The predicted molar refractivity (Wildman–Crippen MR) is 82.4 cm³/mol. The zero-order chi connectivity index (χ0) is 14.8. The summed E-state index contributed by atoms with van der Waals surface area (Å²) in [7, 11) is 0. The van der Waals surface area contributed by atoms with Gasteiger partial charge in [-0.15, -0.1) is 0 Å². The number of aromatic nitrogens is 1. The molecule has 0 saturated heterocycles. The monoisotopic (exact) mass is 302 g/mol. The molecule has 1 aromatic carbocycles. The van der Waals surface area contributed by atoms with Crippen molar-refractivity contribution in [1.82, 2.24) is 9.88 Å². The third kappa shape index (κ3) is 2.81. The molecule has 0 bridgehead atoms. The molecule has 21 heavy (non-hydrogen) atoms. The molecule has 0 aliphatic rings. The lowest BCUT2D eigenvalue weighted by molar-refractivity contribution is 0.0736. The van der Waals surface area contributed by atoms with Gasteiger partial charge in [-0.25, -0.2) is 0 Å². The summed E-state index contributed by atoms with van der Waals surface area (Å²) in [6, 6.07) is 11.0. The van der Waals surface area contributed by atoms with Gasteiger partial charge < -0.3 is 14.3 Å². The van der Waals surface area contributed by atoms with Crippen molar-refractivity contribution in [2.75, 3.05) is 6.54 Å². The van der Waals surface area contributed by atoms with Crippen LogP contribution in [0.4, 0.5) is 0 Å². The van der Waals surface area contributed by atoms with E-state index in [4.69, 9.17) is 16.0 Å². The minimum Gasteiger partial charge on any atom is -0.467 e. The highest BCUT2D eigenvalue weighted by Crippen LogP contribution is 2.21. The average Bonchev–Trinajstić information content (AvgIpc) is 3.12. The van der Waals surface area contributed by atoms with Crippen LogP contribution in [0.3, 0.4) is 0 Å². The Morgan fingerprint density at radius 1 is 1.33 bits per heavy atom. The van der Waals surface area contributed by atoms with Gasteiger partial charge in [0.05, 0.1) is 12.8 Å². The van der Waals surface area contributed by atoms with Crippen molar-refractivity contribution in [1.29, 1.82) is 0 Å². The third-order valence-electron chi connectivity index (χ3n) is 3.41. The number of furan rings is 1. The number of nitrogens with zero attached hydrogens (tertiary/aromatic N) is 1. The van der Waals surface area contributed by atoms with E-state index in [1.807, 2.05) is 37.3 Å². The number of rotatable bonds is 4. The number of amides is 1. The first-order valence-corrected chi connectivity index (χ1v) is 7.15. The summed E-state index contributed by atoms with van der Waals surface area (Å²) in [5, 5.41) is 1.59. The molecule has 0 aliphatic heterocycles. The van der Waals surface area contributed by atoms with Crippen LogP contribution in [0.25, 0.3) is 10.9 Å². The Bertz CT molecular complexity index is 762. The molecule has 1 N–H and O–H groups in total. The van der Waals surface area contributed by atoms with Crippen molar-refractivity contribution in [3.05, 3.63) is 59.1 Å². The van der Waals surface area contributed by atoms with Crippen LogP contribution in [0.5, 0.6) is 0 Å². The Labute approximate surface area is 127 Å². The SMILES string of the molecule is CCN(Cc1ccco1)C(=O)c1cc2cc(Cl)ccc2[nH]1. The highest BCUT2D eigenvalue weighted by molar-refractivity contribution is 6.31. The highest BCUT2D eigenvalue weighted by atomic mass is 35.5. The lowest BCUT2D eigenvalue weighted by atomic mass is 10.2. The predicted octanol–water partition coefficient (Wildman–Crippen LogP) is 4.08. The second-order valence-electron chi connectivity index (χ2n) is 4.81. The lowest BCUT2D eigenvalue weighted by Crippen LogP contribution is -2.30. The number of halogens is 1. The summed E-state index contributed by atoms with van der Waals surface area (Å²) < 4.78 is 5.30. The fourth-order valence-corrected chi connectivity index (χ4v) is 2.49. The summed E-state index contributed by atoms with van der Waals surface area (Å²) >= 11 is 5.97. The van der Waals surface area contributed by atoms with Crippen LogP contribution in [-0.2, 0) is 6.54 Å². The van der Waals surface area contributed by atoms with Crippen LogP contribution in [0.1, 0.15) is 23.2 Å². The van der Waals surface area contributed by atoms with Crippen LogP contribution in [0.2, 0.25) is 5.02 Å². The molecule has 2 heterocycles. The molecule has 4 nitrogen and oxygen atoms in total. The second kappa shape index (κ2) is 5.66. The minimum absolute atomic E-state index is 0.0544. The first-order valence-electron chi connectivity index (χ1n) is 6.77. The smallest absolute Gasteiger partial charge is 0.270 e. The second-order valence-corrected chi connectivity index (χ2v) is 5.25. The van der Waals surface area contributed by atoms with E-state index in [0.29, 0.717) is 23.8 Å². The van der Waals surface area contributed by atoms with E-state index in [-0.39, 0.29) is 5.91 Å². The maximum atomic E-state index is 12.6. The lowest BCUT2D eigenvalue weighted by Gasteiger charge is -2.18. The van der Waals surface area contributed by atoms with E-state index >= 15 is 0 Å². The molecule has 5 heteroatoms. The van der Waals surface area contributed by atoms with E-state index in [1.165, 1.54) is 0 Å². The van der Waals surface area contributed by atoms with Gasteiger partial charge in [0.25, 0.3) is 5.91 Å². The maximum Gasteiger partial charge on any atom is 0.270 e. The first kappa shape index (κ1) is 13.8. The van der Waals surface area contributed by atoms with Crippen LogP contribution in [0.15, 0.2) is 47.1 Å². The quantitative estimate of drug-likeness (QED) is 0.789. The van der Waals surface area contributed by atoms with Crippen LogP contribution in [0, 0.1) is 0 Å². The highest BCUT2D eigenvalue weighted by Gasteiger charge is 2.17. The minimum atomic E-state index is -0.0544. The summed E-state index contributed by atoms with van der Waals surface area (Å²) in [4.78, 5) is 17.4. The fraction of sp³-hybridized carbons (Fsp3) is 0.188. The molecule has 0 fully saturated rings. The van der Waals surface area contributed by atoms with Gasteiger partial charge >= 0.3 is 0 Å². The topological polar surface area (TPSA) is 49.2 Å². The maximum absolute atomic E-state index is 12.6. The standard InChI is InChI=1S/C16H15ClN2O2/c1-2-19(10-13-4-3-7-21-13)16(20)15-9-11-8-12(17)5-6-14(11)18-15/h3-9,18H,2,10H2,1H3. The van der Waals surface area contributed by atoms with Crippen molar-refractivity contribution in [2.24, 2.45) is 0 Å².